The van der Waals surface area contributed by atoms with Gasteiger partial charge in [0.15, 0.2) is 5.88 Å². The van der Waals surface area contributed by atoms with E-state index >= 15 is 0 Å². The largest absolute Gasteiger partial charge is 0.496 e. The molecule has 2 aromatic rings. The average Bonchev–Trinajstić information content (AvgIpc) is 3.29. The van der Waals surface area contributed by atoms with E-state index in [4.69, 9.17) is 21.8 Å². The van der Waals surface area contributed by atoms with Gasteiger partial charge in [-0.3, -0.25) is 5.10 Å². The predicted molar refractivity (Wildman–Crippen MR) is 101 cm³/mol. The maximum atomic E-state index is 7.63. The summed E-state index contributed by atoms with van der Waals surface area (Å²) in [6.07, 6.45) is 7.09. The lowest BCUT2D eigenvalue weighted by Gasteiger charge is -2.24. The quantitative estimate of drug-likeness (QED) is 0.746. The zero-order valence-corrected chi connectivity index (χ0v) is 15.5. The van der Waals surface area contributed by atoms with Crippen LogP contribution < -0.4 is 15.2 Å². The number of fused-ring (bicyclic) bond motifs is 1. The fourth-order valence-corrected chi connectivity index (χ4v) is 3.84. The molecule has 4 rings (SSSR count). The predicted octanol–water partition coefficient (Wildman–Crippen LogP) is 4.10. The van der Waals surface area contributed by atoms with Crippen molar-refractivity contribution in [1.29, 1.82) is 0 Å². The van der Waals surface area contributed by atoms with Gasteiger partial charge in [-0.15, -0.1) is 5.10 Å². The number of benzene rings is 1. The van der Waals surface area contributed by atoms with E-state index in [1.54, 1.807) is 7.11 Å². The molecule has 0 saturated heterocycles. The first-order chi connectivity index (χ1) is 12.6. The number of nitrogens with one attached hydrogen (secondary N) is 1. The molecule has 1 unspecified atom stereocenters. The van der Waals surface area contributed by atoms with E-state index in [9.17, 15) is 0 Å². The second kappa shape index (κ2) is 6.39. The van der Waals surface area contributed by atoms with Gasteiger partial charge in [-0.05, 0) is 45.6 Å². The third kappa shape index (κ3) is 2.50. The molecule has 1 atom stereocenters. The van der Waals surface area contributed by atoms with Crippen LogP contribution in [0, 0.1) is 6.57 Å². The van der Waals surface area contributed by atoms with Crippen molar-refractivity contribution in [3.05, 3.63) is 80.7 Å². The van der Waals surface area contributed by atoms with E-state index < -0.39 is 0 Å². The number of hydrogen-bond acceptors (Lipinski definition) is 4. The van der Waals surface area contributed by atoms with Crippen molar-refractivity contribution in [1.82, 2.24) is 10.2 Å². The summed E-state index contributed by atoms with van der Waals surface area (Å²) in [6.45, 7) is 7.63. The Hall–Kier alpha value is -2.98. The Bertz CT molecular complexity index is 1030. The summed E-state index contributed by atoms with van der Waals surface area (Å²) < 4.78 is 11.7. The first-order valence-corrected chi connectivity index (χ1v) is 8.77. The Morgan fingerprint density at radius 1 is 1.46 bits per heavy atom. The van der Waals surface area contributed by atoms with Crippen LogP contribution in [0.1, 0.15) is 29.2 Å². The number of methoxy groups -OCH3 is 1. The van der Waals surface area contributed by atoms with E-state index in [2.05, 4.69) is 43.1 Å². The number of rotatable bonds is 3. The number of ether oxygens (including phenoxy) is 2. The first-order valence-electron chi connectivity index (χ1n) is 7.97. The van der Waals surface area contributed by atoms with Gasteiger partial charge >= 0.3 is 0 Å². The highest BCUT2D eigenvalue weighted by Crippen LogP contribution is 2.46. The molecule has 3 N–H and O–H groups in total. The lowest BCUT2D eigenvalue weighted by atomic mass is 9.86. The van der Waals surface area contributed by atoms with E-state index in [0.717, 1.165) is 39.0 Å². The average molecular weight is 411 g/mol. The number of hydrogen-bond donors (Lipinski definition) is 2. The van der Waals surface area contributed by atoms with E-state index in [-0.39, 0.29) is 11.8 Å². The van der Waals surface area contributed by atoms with Gasteiger partial charge in [-0.1, -0.05) is 24.3 Å². The van der Waals surface area contributed by atoms with Crippen molar-refractivity contribution in [2.24, 2.45) is 5.73 Å². The molecule has 0 radical (unpaired) electrons. The fourth-order valence-electron chi connectivity index (χ4n) is 3.28. The number of halogens is 1. The van der Waals surface area contributed by atoms with E-state index in [1.807, 2.05) is 24.3 Å². The molecule has 26 heavy (non-hydrogen) atoms. The van der Waals surface area contributed by atoms with Gasteiger partial charge in [-0.2, -0.15) is 0 Å². The molecular formula is C19H15BrN4O2. The summed E-state index contributed by atoms with van der Waals surface area (Å²) in [5.41, 5.74) is 9.96. The Morgan fingerprint density at radius 3 is 2.96 bits per heavy atom. The van der Waals surface area contributed by atoms with E-state index in [0.29, 0.717) is 11.6 Å². The van der Waals surface area contributed by atoms with Gasteiger partial charge < -0.3 is 15.2 Å². The molecule has 7 heteroatoms. The molecule has 2 heterocycles. The number of nitrogens with two attached hydrogens (primary N) is 1. The minimum atomic E-state index is -0.373. The van der Waals surface area contributed by atoms with Crippen LogP contribution >= 0.6 is 15.9 Å². The van der Waals surface area contributed by atoms with Gasteiger partial charge in [0.1, 0.15) is 5.75 Å². The van der Waals surface area contributed by atoms with Gasteiger partial charge in [0, 0.05) is 5.56 Å². The van der Waals surface area contributed by atoms with Crippen LogP contribution in [0.5, 0.6) is 11.6 Å². The molecule has 0 saturated carbocycles. The van der Waals surface area contributed by atoms with Gasteiger partial charge in [0.2, 0.25) is 11.6 Å². The zero-order valence-electron chi connectivity index (χ0n) is 13.9. The molecule has 2 aliphatic rings. The summed E-state index contributed by atoms with van der Waals surface area (Å²) in [5, 5.41) is 7.32. The number of H-pyrrole nitrogens is 1. The standard InChI is InChI=1S/C19H15BrN4O2/c1-22-17-14(11-7-8-13(25-2)12(20)9-11)15-16(10-5-3-4-6-10)23-24-19(15)26-18(17)21/h3,5-9,14H,4,21H2,2H3,(H,23,24). The fraction of sp³-hybridized carbons (Fsp3) is 0.158. The highest BCUT2D eigenvalue weighted by molar-refractivity contribution is 9.10. The molecule has 1 aliphatic carbocycles. The Balaban J connectivity index is 1.93. The highest BCUT2D eigenvalue weighted by atomic mass is 79.9. The summed E-state index contributed by atoms with van der Waals surface area (Å²) in [7, 11) is 1.61. The van der Waals surface area contributed by atoms with Crippen molar-refractivity contribution in [3.63, 3.8) is 0 Å². The van der Waals surface area contributed by atoms with Crippen molar-refractivity contribution >= 4 is 21.5 Å². The molecule has 1 aliphatic heterocycles. The van der Waals surface area contributed by atoms with E-state index in [1.165, 1.54) is 0 Å². The smallest absolute Gasteiger partial charge is 0.241 e. The van der Waals surface area contributed by atoms with Crippen LogP contribution in [0.3, 0.4) is 0 Å². The molecule has 130 valence electrons. The lowest BCUT2D eigenvalue weighted by Crippen LogP contribution is -2.20. The molecule has 0 bridgehead atoms. The second-order valence-electron chi connectivity index (χ2n) is 5.91. The summed E-state index contributed by atoms with van der Waals surface area (Å²) in [5.74, 6) is 0.833. The molecule has 0 amide bonds. The summed E-state index contributed by atoms with van der Waals surface area (Å²) in [4.78, 5) is 3.66. The van der Waals surface area contributed by atoms with Crippen LogP contribution in [0.25, 0.3) is 10.4 Å². The van der Waals surface area contributed by atoms with Crippen molar-refractivity contribution in [2.75, 3.05) is 7.11 Å². The Labute approximate surface area is 158 Å². The third-order valence-electron chi connectivity index (χ3n) is 4.48. The number of allylic oxidation sites excluding steroid dienone is 5. The molecule has 0 spiro atoms. The maximum Gasteiger partial charge on any atom is 0.241 e. The number of nitrogens with zero attached hydrogens (tertiary/aromatic N) is 2. The second-order valence-corrected chi connectivity index (χ2v) is 6.76. The monoisotopic (exact) mass is 410 g/mol. The van der Waals surface area contributed by atoms with Gasteiger partial charge in [-0.25, -0.2) is 4.85 Å². The van der Waals surface area contributed by atoms with Crippen LogP contribution in [0.4, 0.5) is 0 Å². The maximum absolute atomic E-state index is 7.63. The minimum absolute atomic E-state index is 0.0819. The Morgan fingerprint density at radius 2 is 2.31 bits per heavy atom. The molecule has 0 fully saturated rings. The van der Waals surface area contributed by atoms with Crippen molar-refractivity contribution in [2.45, 2.75) is 12.3 Å². The number of aromatic amines is 1. The highest BCUT2D eigenvalue weighted by Gasteiger charge is 2.36. The van der Waals surface area contributed by atoms with Crippen LogP contribution in [0.2, 0.25) is 0 Å². The van der Waals surface area contributed by atoms with Crippen LogP contribution in [0.15, 0.2) is 52.5 Å². The SMILES string of the molecule is [C-]#[N+]C1=C(N)Oc2n[nH]c(C3=CCC=C3)c2C1c1ccc(OC)c(Br)c1. The lowest BCUT2D eigenvalue weighted by molar-refractivity contribution is 0.378. The Kier molecular flexibility index (Phi) is 4.05. The van der Waals surface area contributed by atoms with Gasteiger partial charge in [0.25, 0.3) is 0 Å². The molecule has 1 aromatic heterocycles. The van der Waals surface area contributed by atoms with Crippen molar-refractivity contribution in [3.8, 4) is 11.6 Å². The molecule has 6 nitrogen and oxygen atoms in total. The summed E-state index contributed by atoms with van der Waals surface area (Å²) in [6, 6.07) is 5.73. The third-order valence-corrected chi connectivity index (χ3v) is 5.10. The molecule has 1 aromatic carbocycles. The van der Waals surface area contributed by atoms with Gasteiger partial charge in [0.05, 0.1) is 29.8 Å². The number of aromatic nitrogens is 2. The zero-order chi connectivity index (χ0) is 18.3. The molecular weight excluding hydrogens is 396 g/mol. The van der Waals surface area contributed by atoms with Crippen molar-refractivity contribution < 1.29 is 9.47 Å². The topological polar surface area (TPSA) is 77.5 Å². The van der Waals surface area contributed by atoms with Crippen LogP contribution in [-0.2, 0) is 0 Å². The minimum Gasteiger partial charge on any atom is -0.496 e. The van der Waals surface area contributed by atoms with Crippen LogP contribution in [-0.4, -0.2) is 17.3 Å². The first kappa shape index (κ1) is 16.5. The normalized spacial score (nSPS) is 18.2. The summed E-state index contributed by atoms with van der Waals surface area (Å²) >= 11 is 3.52.